The number of urea groups is 1. The summed E-state index contributed by atoms with van der Waals surface area (Å²) in [5.41, 5.74) is 6.69. The van der Waals surface area contributed by atoms with Crippen LogP contribution in [0.1, 0.15) is 48.7 Å². The van der Waals surface area contributed by atoms with Crippen molar-refractivity contribution >= 4 is 29.6 Å². The average molecular weight is 449 g/mol. The number of nitrogens with one attached hydrogen (secondary N) is 3. The number of amides is 4. The number of fused-ring (bicyclic) bond motifs is 1. The van der Waals surface area contributed by atoms with Gasteiger partial charge < -0.3 is 26.6 Å². The zero-order chi connectivity index (χ0) is 22.2. The Kier molecular flexibility index (Phi) is 8.53. The van der Waals surface area contributed by atoms with Crippen LogP contribution in [0, 0.1) is 0 Å². The monoisotopic (exact) mass is 448 g/mol. The molecule has 2 aliphatic rings. The van der Waals surface area contributed by atoms with Crippen LogP contribution < -0.4 is 21.7 Å². The minimum atomic E-state index is -0.223. The Labute approximate surface area is 187 Å². The maximum atomic E-state index is 12.0. The number of pyridine rings is 1. The van der Waals surface area contributed by atoms with E-state index in [9.17, 15) is 14.4 Å². The van der Waals surface area contributed by atoms with E-state index in [0.717, 1.165) is 37.3 Å². The van der Waals surface area contributed by atoms with Gasteiger partial charge in [0.25, 0.3) is 5.91 Å². The van der Waals surface area contributed by atoms with Crippen molar-refractivity contribution in [1.29, 1.82) is 0 Å². The highest BCUT2D eigenvalue weighted by molar-refractivity contribution is 8.00. The molecule has 2 unspecified atom stereocenters. The van der Waals surface area contributed by atoms with Crippen LogP contribution in [0.3, 0.4) is 0 Å². The van der Waals surface area contributed by atoms with Gasteiger partial charge in [-0.1, -0.05) is 6.42 Å². The van der Waals surface area contributed by atoms with Crippen LogP contribution in [-0.4, -0.2) is 70.5 Å². The lowest BCUT2D eigenvalue weighted by molar-refractivity contribution is -0.121. The molecule has 0 aliphatic carbocycles. The average Bonchev–Trinajstić information content (AvgIpc) is 3.31. The highest BCUT2D eigenvalue weighted by atomic mass is 32.2. The fraction of sp³-hybridized carbons (Fsp3) is 0.619. The highest BCUT2D eigenvalue weighted by Crippen LogP contribution is 2.37. The maximum Gasteiger partial charge on any atom is 0.318 e. The molecule has 2 saturated heterocycles. The van der Waals surface area contributed by atoms with Crippen molar-refractivity contribution in [3.63, 3.8) is 0 Å². The van der Waals surface area contributed by atoms with Gasteiger partial charge in [0, 0.05) is 49.8 Å². The minimum absolute atomic E-state index is 0.00642. The highest BCUT2D eigenvalue weighted by Gasteiger charge is 2.47. The molecule has 2 fully saturated rings. The first-order chi connectivity index (χ1) is 15.0. The molecule has 170 valence electrons. The van der Waals surface area contributed by atoms with Crippen molar-refractivity contribution in [2.45, 2.75) is 56.5 Å². The Morgan fingerprint density at radius 3 is 2.81 bits per heavy atom. The summed E-state index contributed by atoms with van der Waals surface area (Å²) >= 11 is 1.93. The summed E-state index contributed by atoms with van der Waals surface area (Å²) in [7, 11) is 0. The summed E-state index contributed by atoms with van der Waals surface area (Å²) in [6.07, 6.45) is 4.76. The van der Waals surface area contributed by atoms with Crippen molar-refractivity contribution in [1.82, 2.24) is 25.8 Å². The van der Waals surface area contributed by atoms with Crippen LogP contribution in [0.4, 0.5) is 4.79 Å². The van der Waals surface area contributed by atoms with Crippen molar-refractivity contribution in [2.24, 2.45) is 5.73 Å². The summed E-state index contributed by atoms with van der Waals surface area (Å²) < 4.78 is 0. The lowest BCUT2D eigenvalue weighted by Gasteiger charge is -2.26. The normalized spacial score (nSPS) is 22.2. The molecule has 0 saturated carbocycles. The van der Waals surface area contributed by atoms with Crippen LogP contribution in [-0.2, 0) is 11.3 Å². The van der Waals surface area contributed by atoms with Crippen LogP contribution in [0.25, 0.3) is 0 Å². The number of thioether (sulfide) groups is 1. The molecule has 0 bridgehead atoms. The number of nitrogens with two attached hydrogens (primary N) is 1. The lowest BCUT2D eigenvalue weighted by atomic mass is 10.0. The number of carbonyl (C=O) groups is 3. The van der Waals surface area contributed by atoms with Crippen molar-refractivity contribution in [3.05, 3.63) is 29.6 Å². The van der Waals surface area contributed by atoms with Gasteiger partial charge in [0.1, 0.15) is 0 Å². The molecule has 10 heteroatoms. The standard InChI is InChI=1S/C21H32N6O3S/c1-2-27-19-16(26-21(27)30)13-31-17(19)5-3-4-6-18(28)23-9-10-24-20(29)14-7-8-15(11-22)25-12-14/h7-8,12,16-17,19H,2-6,9-11,13,22H2,1H3,(H,23,28)(H,24,29)(H,26,30)/t16?,17-,19?/m0/s1. The molecule has 9 nitrogen and oxygen atoms in total. The van der Waals surface area contributed by atoms with Gasteiger partial charge in [-0.15, -0.1) is 0 Å². The zero-order valence-electron chi connectivity index (χ0n) is 17.9. The number of rotatable bonds is 11. The summed E-state index contributed by atoms with van der Waals surface area (Å²) in [6.45, 7) is 3.84. The third kappa shape index (κ3) is 6.10. The molecule has 0 spiro atoms. The molecule has 31 heavy (non-hydrogen) atoms. The van der Waals surface area contributed by atoms with E-state index in [4.69, 9.17) is 5.73 Å². The number of carbonyl (C=O) groups excluding carboxylic acids is 3. The Hall–Kier alpha value is -2.33. The van der Waals surface area contributed by atoms with Gasteiger partial charge >= 0.3 is 6.03 Å². The smallest absolute Gasteiger partial charge is 0.318 e. The van der Waals surface area contributed by atoms with Gasteiger partial charge in [0.2, 0.25) is 5.91 Å². The SMILES string of the molecule is CCN1C(=O)NC2CS[C@@H](CCCCC(=O)NCCNC(=O)c3ccc(CN)nc3)C21. The van der Waals surface area contributed by atoms with Crippen molar-refractivity contribution in [3.8, 4) is 0 Å². The second-order valence-corrected chi connectivity index (χ2v) is 9.07. The first-order valence-corrected chi connectivity index (χ1v) is 12.0. The van der Waals surface area contributed by atoms with E-state index in [2.05, 4.69) is 20.9 Å². The predicted molar refractivity (Wildman–Crippen MR) is 121 cm³/mol. The largest absolute Gasteiger partial charge is 0.354 e. The fourth-order valence-electron chi connectivity index (χ4n) is 4.09. The molecule has 5 N–H and O–H groups in total. The third-order valence-corrected chi connectivity index (χ3v) is 7.22. The Morgan fingerprint density at radius 2 is 2.10 bits per heavy atom. The van der Waals surface area contributed by atoms with Crippen LogP contribution in [0.5, 0.6) is 0 Å². The van der Waals surface area contributed by atoms with E-state index in [1.807, 2.05) is 23.6 Å². The first-order valence-electron chi connectivity index (χ1n) is 10.9. The van der Waals surface area contributed by atoms with Crippen molar-refractivity contribution < 1.29 is 14.4 Å². The number of likely N-dealkylation sites (N-methyl/N-ethyl adjacent to an activating group) is 1. The van der Waals surface area contributed by atoms with Gasteiger partial charge in [-0.3, -0.25) is 14.6 Å². The van der Waals surface area contributed by atoms with E-state index < -0.39 is 0 Å². The van der Waals surface area contributed by atoms with E-state index >= 15 is 0 Å². The number of unbranched alkanes of at least 4 members (excludes halogenated alkanes) is 1. The van der Waals surface area contributed by atoms with Crippen LogP contribution >= 0.6 is 11.8 Å². The second kappa shape index (κ2) is 11.3. The quantitative estimate of drug-likeness (QED) is 0.293. The van der Waals surface area contributed by atoms with E-state index in [1.165, 1.54) is 6.20 Å². The van der Waals surface area contributed by atoms with Crippen molar-refractivity contribution in [2.75, 3.05) is 25.4 Å². The molecule has 0 aromatic carbocycles. The number of hydrogen-bond acceptors (Lipinski definition) is 6. The third-order valence-electron chi connectivity index (χ3n) is 5.72. The molecule has 3 atom stereocenters. The minimum Gasteiger partial charge on any atom is -0.354 e. The molecule has 0 radical (unpaired) electrons. The first kappa shape index (κ1) is 23.3. The number of hydrogen-bond donors (Lipinski definition) is 4. The lowest BCUT2D eigenvalue weighted by Crippen LogP contribution is -2.40. The number of aromatic nitrogens is 1. The second-order valence-electron chi connectivity index (χ2n) is 7.80. The van der Waals surface area contributed by atoms with E-state index in [1.54, 1.807) is 12.1 Å². The number of nitrogens with zero attached hydrogens (tertiary/aromatic N) is 2. The van der Waals surface area contributed by atoms with E-state index in [-0.39, 0.29) is 29.9 Å². The molecular weight excluding hydrogens is 416 g/mol. The molecule has 4 amide bonds. The van der Waals surface area contributed by atoms with Gasteiger partial charge in [-0.25, -0.2) is 4.79 Å². The summed E-state index contributed by atoms with van der Waals surface area (Å²) in [5.74, 6) is 0.739. The van der Waals surface area contributed by atoms with Gasteiger partial charge in [-0.05, 0) is 31.9 Å². The Morgan fingerprint density at radius 1 is 1.29 bits per heavy atom. The molecule has 2 aliphatic heterocycles. The fourth-order valence-corrected chi connectivity index (χ4v) is 5.70. The summed E-state index contributed by atoms with van der Waals surface area (Å²) in [4.78, 5) is 42.1. The van der Waals surface area contributed by atoms with Crippen LogP contribution in [0.15, 0.2) is 18.3 Å². The Balaban J connectivity index is 1.26. The predicted octanol–water partition coefficient (Wildman–Crippen LogP) is 0.844. The molecule has 3 heterocycles. The summed E-state index contributed by atoms with van der Waals surface area (Å²) in [5, 5.41) is 9.12. The Bertz CT molecular complexity index is 775. The van der Waals surface area contributed by atoms with Gasteiger partial charge in [0.05, 0.1) is 23.3 Å². The van der Waals surface area contributed by atoms with E-state index in [0.29, 0.717) is 36.9 Å². The summed E-state index contributed by atoms with van der Waals surface area (Å²) in [6, 6.07) is 4.00. The zero-order valence-corrected chi connectivity index (χ0v) is 18.7. The molecular formula is C21H32N6O3S. The van der Waals surface area contributed by atoms with Gasteiger partial charge in [-0.2, -0.15) is 11.8 Å². The topological polar surface area (TPSA) is 129 Å². The van der Waals surface area contributed by atoms with Crippen LogP contribution in [0.2, 0.25) is 0 Å². The molecule has 3 rings (SSSR count). The maximum absolute atomic E-state index is 12.0. The molecule has 1 aromatic heterocycles. The van der Waals surface area contributed by atoms with Gasteiger partial charge in [0.15, 0.2) is 0 Å². The molecule has 1 aromatic rings.